The number of thiazole rings is 1. The van der Waals surface area contributed by atoms with Crippen LogP contribution in [-0.2, 0) is 4.79 Å². The minimum atomic E-state index is -0.0785. The van der Waals surface area contributed by atoms with E-state index in [0.717, 1.165) is 22.8 Å². The Morgan fingerprint density at radius 1 is 1.53 bits per heavy atom. The lowest BCUT2D eigenvalue weighted by Gasteiger charge is -2.06. The standard InChI is InChI=1S/C13H16N2O2S2/c1-7-5-10(8(2)17-7)11-6-19-13(14-11)15-12(16)9(3)18-4/h5-6,9H,1-4H3,(H,14,15,16)/t9-/m1/s1. The Bertz CT molecular complexity index is 589. The monoisotopic (exact) mass is 296 g/mol. The average Bonchev–Trinajstić information content (AvgIpc) is 2.94. The first-order valence-electron chi connectivity index (χ1n) is 5.88. The molecule has 0 radical (unpaired) electrons. The van der Waals surface area contributed by atoms with Gasteiger partial charge in [-0.25, -0.2) is 4.98 Å². The Kier molecular flexibility index (Phi) is 4.31. The van der Waals surface area contributed by atoms with Crippen molar-refractivity contribution < 1.29 is 9.21 Å². The lowest BCUT2D eigenvalue weighted by Crippen LogP contribution is -2.21. The van der Waals surface area contributed by atoms with Gasteiger partial charge in [0, 0.05) is 10.9 Å². The number of aryl methyl sites for hydroxylation is 2. The molecule has 2 aromatic rings. The van der Waals surface area contributed by atoms with E-state index in [0.29, 0.717) is 5.13 Å². The Hall–Kier alpha value is -1.27. The van der Waals surface area contributed by atoms with E-state index in [4.69, 9.17) is 4.42 Å². The fourth-order valence-electron chi connectivity index (χ4n) is 1.65. The number of hydrogen-bond donors (Lipinski definition) is 1. The van der Waals surface area contributed by atoms with E-state index in [1.165, 1.54) is 23.1 Å². The fraction of sp³-hybridized carbons (Fsp3) is 0.385. The fourth-order valence-corrected chi connectivity index (χ4v) is 2.64. The predicted octanol–water partition coefficient (Wildman–Crippen LogP) is 3.71. The van der Waals surface area contributed by atoms with E-state index >= 15 is 0 Å². The van der Waals surface area contributed by atoms with Crippen molar-refractivity contribution in [2.75, 3.05) is 11.6 Å². The van der Waals surface area contributed by atoms with Gasteiger partial charge in [-0.05, 0) is 33.1 Å². The van der Waals surface area contributed by atoms with Gasteiger partial charge in [0.1, 0.15) is 11.5 Å². The van der Waals surface area contributed by atoms with E-state index in [1.807, 2.05) is 38.5 Å². The molecule has 0 spiro atoms. The van der Waals surface area contributed by atoms with Crippen molar-refractivity contribution in [3.63, 3.8) is 0 Å². The van der Waals surface area contributed by atoms with Gasteiger partial charge in [-0.1, -0.05) is 0 Å². The van der Waals surface area contributed by atoms with E-state index in [1.54, 1.807) is 0 Å². The van der Waals surface area contributed by atoms with Crippen LogP contribution in [0.5, 0.6) is 0 Å². The molecule has 1 atom stereocenters. The van der Waals surface area contributed by atoms with Crippen molar-refractivity contribution in [2.45, 2.75) is 26.0 Å². The van der Waals surface area contributed by atoms with E-state index in [9.17, 15) is 4.79 Å². The third-order valence-corrected chi connectivity index (χ3v) is 4.45. The lowest BCUT2D eigenvalue weighted by atomic mass is 10.2. The predicted molar refractivity (Wildman–Crippen MR) is 80.9 cm³/mol. The highest BCUT2D eigenvalue weighted by atomic mass is 32.2. The van der Waals surface area contributed by atoms with Gasteiger partial charge >= 0.3 is 0 Å². The van der Waals surface area contributed by atoms with E-state index < -0.39 is 0 Å². The zero-order valence-electron chi connectivity index (χ0n) is 11.3. The van der Waals surface area contributed by atoms with Crippen LogP contribution in [0.3, 0.4) is 0 Å². The van der Waals surface area contributed by atoms with Crippen LogP contribution in [0.4, 0.5) is 5.13 Å². The number of thioether (sulfide) groups is 1. The number of nitrogens with one attached hydrogen (secondary N) is 1. The molecule has 0 aliphatic carbocycles. The van der Waals surface area contributed by atoms with Gasteiger partial charge in [-0.2, -0.15) is 11.8 Å². The number of carbonyl (C=O) groups is 1. The van der Waals surface area contributed by atoms with Crippen LogP contribution in [-0.4, -0.2) is 22.4 Å². The summed E-state index contributed by atoms with van der Waals surface area (Å²) in [5.74, 6) is 1.69. The smallest absolute Gasteiger partial charge is 0.238 e. The summed E-state index contributed by atoms with van der Waals surface area (Å²) in [5, 5.41) is 5.30. The molecule has 0 unspecified atom stereocenters. The van der Waals surface area contributed by atoms with Crippen molar-refractivity contribution in [1.82, 2.24) is 4.98 Å². The summed E-state index contributed by atoms with van der Waals surface area (Å²) < 4.78 is 5.49. The number of amides is 1. The molecule has 2 rings (SSSR count). The Balaban J connectivity index is 2.16. The number of anilines is 1. The molecule has 0 aliphatic rings. The molecule has 102 valence electrons. The number of hydrogen-bond acceptors (Lipinski definition) is 5. The van der Waals surface area contributed by atoms with Gasteiger partial charge in [-0.15, -0.1) is 11.3 Å². The minimum absolute atomic E-state index is 0.0199. The largest absolute Gasteiger partial charge is 0.466 e. The highest BCUT2D eigenvalue weighted by molar-refractivity contribution is 7.99. The second kappa shape index (κ2) is 5.79. The quantitative estimate of drug-likeness (QED) is 0.934. The summed E-state index contributed by atoms with van der Waals surface area (Å²) in [6.45, 7) is 5.69. The number of furan rings is 1. The average molecular weight is 296 g/mol. The van der Waals surface area contributed by atoms with Crippen molar-refractivity contribution >= 4 is 34.1 Å². The summed E-state index contributed by atoms with van der Waals surface area (Å²) >= 11 is 2.94. The summed E-state index contributed by atoms with van der Waals surface area (Å²) in [5.41, 5.74) is 1.82. The Morgan fingerprint density at radius 2 is 2.26 bits per heavy atom. The maximum absolute atomic E-state index is 11.8. The molecule has 0 bridgehead atoms. The maximum Gasteiger partial charge on any atom is 0.238 e. The van der Waals surface area contributed by atoms with E-state index in [-0.39, 0.29) is 11.2 Å². The summed E-state index contributed by atoms with van der Waals surface area (Å²) in [6.07, 6.45) is 1.91. The van der Waals surface area contributed by atoms with Crippen LogP contribution >= 0.6 is 23.1 Å². The highest BCUT2D eigenvalue weighted by Gasteiger charge is 2.15. The Labute approximate surface area is 120 Å². The van der Waals surface area contributed by atoms with Gasteiger partial charge in [0.05, 0.1) is 10.9 Å². The van der Waals surface area contributed by atoms with Gasteiger partial charge in [0.25, 0.3) is 0 Å². The zero-order valence-corrected chi connectivity index (χ0v) is 12.9. The molecule has 2 aromatic heterocycles. The first kappa shape index (κ1) is 14.1. The van der Waals surface area contributed by atoms with Gasteiger partial charge in [-0.3, -0.25) is 4.79 Å². The summed E-state index contributed by atoms with van der Waals surface area (Å²) in [4.78, 5) is 16.2. The van der Waals surface area contributed by atoms with Crippen LogP contribution < -0.4 is 5.32 Å². The summed E-state index contributed by atoms with van der Waals surface area (Å²) in [6, 6.07) is 1.96. The third-order valence-electron chi connectivity index (χ3n) is 2.77. The van der Waals surface area contributed by atoms with Crippen molar-refractivity contribution in [1.29, 1.82) is 0 Å². The SMILES string of the molecule is CS[C@H](C)C(=O)Nc1nc(-c2cc(C)oc2C)cs1. The maximum atomic E-state index is 11.8. The topological polar surface area (TPSA) is 55.1 Å². The van der Waals surface area contributed by atoms with Crippen LogP contribution in [0, 0.1) is 13.8 Å². The molecule has 1 amide bonds. The van der Waals surface area contributed by atoms with Gasteiger partial charge < -0.3 is 9.73 Å². The molecule has 0 aromatic carbocycles. The molecule has 2 heterocycles. The molecule has 0 saturated heterocycles. The summed E-state index contributed by atoms with van der Waals surface area (Å²) in [7, 11) is 0. The van der Waals surface area contributed by atoms with E-state index in [2.05, 4.69) is 10.3 Å². The van der Waals surface area contributed by atoms with Gasteiger partial charge in [0.15, 0.2) is 5.13 Å². The third kappa shape index (κ3) is 3.19. The van der Waals surface area contributed by atoms with Crippen molar-refractivity contribution in [3.8, 4) is 11.3 Å². The van der Waals surface area contributed by atoms with Crippen LogP contribution in [0.1, 0.15) is 18.4 Å². The molecule has 6 heteroatoms. The molecule has 1 N–H and O–H groups in total. The molecule has 4 nitrogen and oxygen atoms in total. The van der Waals surface area contributed by atoms with Crippen LogP contribution in [0.25, 0.3) is 11.3 Å². The number of nitrogens with zero attached hydrogens (tertiary/aromatic N) is 1. The number of carbonyl (C=O) groups excluding carboxylic acids is 1. The molecular weight excluding hydrogens is 280 g/mol. The minimum Gasteiger partial charge on any atom is -0.466 e. The van der Waals surface area contributed by atoms with Crippen LogP contribution in [0.2, 0.25) is 0 Å². The molecule has 0 fully saturated rings. The van der Waals surface area contributed by atoms with Crippen LogP contribution in [0.15, 0.2) is 15.9 Å². The zero-order chi connectivity index (χ0) is 14.0. The molecular formula is C13H16N2O2S2. The number of aromatic nitrogens is 1. The first-order valence-corrected chi connectivity index (χ1v) is 8.04. The molecule has 19 heavy (non-hydrogen) atoms. The second-order valence-corrected chi connectivity index (χ2v) is 6.27. The normalized spacial score (nSPS) is 12.4. The molecule has 0 aliphatic heterocycles. The molecule has 0 saturated carbocycles. The highest BCUT2D eigenvalue weighted by Crippen LogP contribution is 2.29. The first-order chi connectivity index (χ1) is 9.01. The van der Waals surface area contributed by atoms with Crippen molar-refractivity contribution in [2.24, 2.45) is 0 Å². The van der Waals surface area contributed by atoms with Gasteiger partial charge in [0.2, 0.25) is 5.91 Å². The Morgan fingerprint density at radius 3 is 2.84 bits per heavy atom. The van der Waals surface area contributed by atoms with Crippen molar-refractivity contribution in [3.05, 3.63) is 23.0 Å². The number of rotatable bonds is 4. The lowest BCUT2D eigenvalue weighted by molar-refractivity contribution is -0.115. The second-order valence-electron chi connectivity index (χ2n) is 4.23.